The average Bonchev–Trinajstić information content (AvgIpc) is 2.76. The van der Waals surface area contributed by atoms with Crippen LogP contribution < -0.4 is 4.74 Å². The summed E-state index contributed by atoms with van der Waals surface area (Å²) in [5.74, 6) is 1.23. The number of hydrogen-bond acceptors (Lipinski definition) is 5. The van der Waals surface area contributed by atoms with Gasteiger partial charge in [-0.1, -0.05) is 0 Å². The summed E-state index contributed by atoms with van der Waals surface area (Å²) < 4.78 is 7.30. The molecule has 6 nitrogen and oxygen atoms in total. The smallest absolute Gasteiger partial charge is 0.233 e. The lowest BCUT2D eigenvalue weighted by molar-refractivity contribution is 0.457. The Balaban J connectivity index is 2.02. The van der Waals surface area contributed by atoms with Crippen molar-refractivity contribution in [3.05, 3.63) is 36.8 Å². The maximum Gasteiger partial charge on any atom is 0.233 e. The molecule has 0 amide bonds. The number of rotatable bonds is 2. The molecule has 0 bridgehead atoms. The Morgan fingerprint density at radius 3 is 2.72 bits per heavy atom. The summed E-state index contributed by atoms with van der Waals surface area (Å²) >= 11 is 0. The van der Waals surface area contributed by atoms with E-state index >= 15 is 0 Å². The van der Waals surface area contributed by atoms with Crippen molar-refractivity contribution < 1.29 is 9.84 Å². The first kappa shape index (κ1) is 10.5. The molecule has 0 unspecified atom stereocenters. The summed E-state index contributed by atoms with van der Waals surface area (Å²) in [6, 6.07) is 6.44. The highest BCUT2D eigenvalue weighted by atomic mass is 16.5. The molecule has 1 N–H and O–H groups in total. The fraction of sp³-hybridized carbons (Fsp3) is 0.0833. The minimum absolute atomic E-state index is 0.191. The third kappa shape index (κ3) is 1.73. The first-order chi connectivity index (χ1) is 8.74. The standard InChI is InChI=1S/C12H10N4O2/c1-16-11-10(6-15-16)12(14-7-13-11)18-9-4-2-8(17)3-5-9/h2-7,17H,1H3. The fourth-order valence-electron chi connectivity index (χ4n) is 1.65. The zero-order chi connectivity index (χ0) is 12.5. The van der Waals surface area contributed by atoms with E-state index < -0.39 is 0 Å². The molecule has 3 aromatic rings. The zero-order valence-electron chi connectivity index (χ0n) is 9.61. The van der Waals surface area contributed by atoms with Crippen molar-refractivity contribution in [1.29, 1.82) is 0 Å². The number of phenols is 1. The minimum Gasteiger partial charge on any atom is -0.508 e. The van der Waals surface area contributed by atoms with Gasteiger partial charge in [0, 0.05) is 7.05 Å². The van der Waals surface area contributed by atoms with Gasteiger partial charge in [0.15, 0.2) is 5.65 Å². The van der Waals surface area contributed by atoms with Gasteiger partial charge in [0.05, 0.1) is 6.20 Å². The van der Waals surface area contributed by atoms with Crippen LogP contribution in [0.25, 0.3) is 11.0 Å². The minimum atomic E-state index is 0.191. The molecular formula is C12H10N4O2. The van der Waals surface area contributed by atoms with Crippen LogP contribution in [0.15, 0.2) is 36.8 Å². The van der Waals surface area contributed by atoms with Gasteiger partial charge in [-0.15, -0.1) is 0 Å². The normalized spacial score (nSPS) is 10.7. The van der Waals surface area contributed by atoms with E-state index in [0.29, 0.717) is 17.3 Å². The van der Waals surface area contributed by atoms with Gasteiger partial charge in [-0.05, 0) is 24.3 Å². The lowest BCUT2D eigenvalue weighted by atomic mass is 10.3. The van der Waals surface area contributed by atoms with E-state index in [1.54, 1.807) is 42.2 Å². The zero-order valence-corrected chi connectivity index (χ0v) is 9.61. The average molecular weight is 242 g/mol. The number of fused-ring (bicyclic) bond motifs is 1. The van der Waals surface area contributed by atoms with Crippen LogP contribution in [-0.4, -0.2) is 24.9 Å². The van der Waals surface area contributed by atoms with Gasteiger partial charge in [0.2, 0.25) is 5.88 Å². The van der Waals surface area contributed by atoms with E-state index in [9.17, 15) is 5.11 Å². The van der Waals surface area contributed by atoms with Gasteiger partial charge in [-0.25, -0.2) is 9.97 Å². The second kappa shape index (κ2) is 3.99. The molecule has 0 aliphatic rings. The van der Waals surface area contributed by atoms with E-state index in [1.165, 1.54) is 6.33 Å². The molecule has 0 spiro atoms. The van der Waals surface area contributed by atoms with Gasteiger partial charge >= 0.3 is 0 Å². The first-order valence-electron chi connectivity index (χ1n) is 5.33. The van der Waals surface area contributed by atoms with Crippen molar-refractivity contribution in [2.24, 2.45) is 7.05 Å². The maximum absolute atomic E-state index is 9.20. The molecule has 18 heavy (non-hydrogen) atoms. The predicted octanol–water partition coefficient (Wildman–Crippen LogP) is 1.86. The number of phenolic OH excluding ortho intramolecular Hbond substituents is 1. The van der Waals surface area contributed by atoms with Gasteiger partial charge in [-0.2, -0.15) is 5.10 Å². The molecule has 0 aliphatic carbocycles. The van der Waals surface area contributed by atoms with Crippen LogP contribution in [0.2, 0.25) is 0 Å². The Hall–Kier alpha value is -2.63. The quantitative estimate of drug-likeness (QED) is 0.742. The van der Waals surface area contributed by atoms with Crippen LogP contribution in [0.1, 0.15) is 0 Å². The van der Waals surface area contributed by atoms with Gasteiger partial charge in [0.1, 0.15) is 23.2 Å². The highest BCUT2D eigenvalue weighted by Gasteiger charge is 2.09. The van der Waals surface area contributed by atoms with E-state index in [4.69, 9.17) is 4.74 Å². The van der Waals surface area contributed by atoms with Crippen molar-refractivity contribution in [1.82, 2.24) is 19.7 Å². The van der Waals surface area contributed by atoms with Crippen molar-refractivity contribution in [2.75, 3.05) is 0 Å². The molecule has 6 heteroatoms. The summed E-state index contributed by atoms with van der Waals surface area (Å²) in [6.45, 7) is 0. The van der Waals surface area contributed by atoms with Crippen LogP contribution >= 0.6 is 0 Å². The Bertz CT molecular complexity index is 691. The van der Waals surface area contributed by atoms with Crippen molar-refractivity contribution in [3.8, 4) is 17.4 Å². The largest absolute Gasteiger partial charge is 0.508 e. The lowest BCUT2D eigenvalue weighted by Crippen LogP contribution is -1.94. The van der Waals surface area contributed by atoms with Crippen LogP contribution in [0.3, 0.4) is 0 Å². The van der Waals surface area contributed by atoms with Crippen molar-refractivity contribution in [3.63, 3.8) is 0 Å². The number of benzene rings is 1. The van der Waals surface area contributed by atoms with Crippen molar-refractivity contribution >= 4 is 11.0 Å². The van der Waals surface area contributed by atoms with Gasteiger partial charge in [0.25, 0.3) is 0 Å². The molecular weight excluding hydrogens is 232 g/mol. The predicted molar refractivity (Wildman–Crippen MR) is 64.5 cm³/mol. The van der Waals surface area contributed by atoms with E-state index in [-0.39, 0.29) is 5.75 Å². The van der Waals surface area contributed by atoms with Crippen LogP contribution in [0.5, 0.6) is 17.4 Å². The number of hydrogen-bond donors (Lipinski definition) is 1. The Morgan fingerprint density at radius 2 is 1.94 bits per heavy atom. The molecule has 2 heterocycles. The second-order valence-corrected chi connectivity index (χ2v) is 3.78. The number of aryl methyl sites for hydroxylation is 1. The Labute approximate surface area is 102 Å². The number of nitrogens with zero attached hydrogens (tertiary/aromatic N) is 4. The summed E-state index contributed by atoms with van der Waals surface area (Å²) in [6.07, 6.45) is 3.09. The lowest BCUT2D eigenvalue weighted by Gasteiger charge is -2.05. The highest BCUT2D eigenvalue weighted by Crippen LogP contribution is 2.26. The monoisotopic (exact) mass is 242 g/mol. The van der Waals surface area contributed by atoms with Crippen LogP contribution in [-0.2, 0) is 7.05 Å². The summed E-state index contributed by atoms with van der Waals surface area (Å²) in [5, 5.41) is 14.1. The molecule has 0 fully saturated rings. The number of ether oxygens (including phenoxy) is 1. The molecule has 90 valence electrons. The van der Waals surface area contributed by atoms with Gasteiger partial charge in [-0.3, -0.25) is 4.68 Å². The molecule has 0 saturated heterocycles. The number of aromatic nitrogens is 4. The van der Waals surface area contributed by atoms with Crippen LogP contribution in [0, 0.1) is 0 Å². The highest BCUT2D eigenvalue weighted by molar-refractivity contribution is 5.79. The van der Waals surface area contributed by atoms with Crippen molar-refractivity contribution in [2.45, 2.75) is 0 Å². The van der Waals surface area contributed by atoms with E-state index in [0.717, 1.165) is 5.39 Å². The third-order valence-electron chi connectivity index (χ3n) is 2.54. The van der Waals surface area contributed by atoms with E-state index in [2.05, 4.69) is 15.1 Å². The third-order valence-corrected chi connectivity index (χ3v) is 2.54. The molecule has 1 aromatic carbocycles. The Kier molecular flexibility index (Phi) is 2.33. The second-order valence-electron chi connectivity index (χ2n) is 3.78. The molecule has 2 aromatic heterocycles. The first-order valence-corrected chi connectivity index (χ1v) is 5.33. The molecule has 0 radical (unpaired) electrons. The maximum atomic E-state index is 9.20. The number of aromatic hydroxyl groups is 1. The van der Waals surface area contributed by atoms with Gasteiger partial charge < -0.3 is 9.84 Å². The topological polar surface area (TPSA) is 73.1 Å². The summed E-state index contributed by atoms with van der Waals surface area (Å²) in [5.41, 5.74) is 0.707. The SMILES string of the molecule is Cn1ncc2c(Oc3ccc(O)cc3)ncnc21. The molecule has 0 saturated carbocycles. The fourth-order valence-corrected chi connectivity index (χ4v) is 1.65. The molecule has 3 rings (SSSR count). The van der Waals surface area contributed by atoms with Crippen LogP contribution in [0.4, 0.5) is 0 Å². The Morgan fingerprint density at radius 1 is 1.17 bits per heavy atom. The summed E-state index contributed by atoms with van der Waals surface area (Å²) in [7, 11) is 1.81. The molecule has 0 aliphatic heterocycles. The summed E-state index contributed by atoms with van der Waals surface area (Å²) in [4.78, 5) is 8.22. The molecule has 0 atom stereocenters. The van der Waals surface area contributed by atoms with E-state index in [1.807, 2.05) is 0 Å².